The summed E-state index contributed by atoms with van der Waals surface area (Å²) in [6.45, 7) is 3.59. The largest absolute Gasteiger partial charge is 0.343 e. The van der Waals surface area contributed by atoms with Gasteiger partial charge in [0.1, 0.15) is 16.2 Å². The first kappa shape index (κ1) is 11.8. The maximum Gasteiger partial charge on any atom is 0.279 e. The molecule has 0 unspecified atom stereocenters. The number of hydrogen-bond donors (Lipinski definition) is 1. The van der Waals surface area contributed by atoms with Crippen LogP contribution in [0.25, 0.3) is 16.2 Å². The third-order valence-corrected chi connectivity index (χ3v) is 3.72. The lowest BCUT2D eigenvalue weighted by Crippen LogP contribution is -2.24. The first-order valence-corrected chi connectivity index (χ1v) is 6.43. The van der Waals surface area contributed by atoms with Crippen LogP contribution in [0.5, 0.6) is 0 Å². The number of aryl methyl sites for hydroxylation is 3. The lowest BCUT2D eigenvalue weighted by molar-refractivity contribution is 0.658. The first-order valence-electron chi connectivity index (χ1n) is 5.61. The number of rotatable bonds is 1. The Morgan fingerprint density at radius 2 is 2.00 bits per heavy atom. The van der Waals surface area contributed by atoms with E-state index < -0.39 is 0 Å². The zero-order chi connectivity index (χ0) is 13.7. The zero-order valence-electron chi connectivity index (χ0n) is 10.6. The molecule has 7 nitrogen and oxygen atoms in total. The fourth-order valence-corrected chi connectivity index (χ4v) is 2.77. The van der Waals surface area contributed by atoms with E-state index in [9.17, 15) is 9.59 Å². The van der Waals surface area contributed by atoms with Crippen LogP contribution in [-0.4, -0.2) is 24.4 Å². The number of fused-ring (bicyclic) bond motifs is 1. The van der Waals surface area contributed by atoms with E-state index >= 15 is 0 Å². The molecule has 0 saturated carbocycles. The molecular weight excluding hydrogens is 266 g/mol. The van der Waals surface area contributed by atoms with Gasteiger partial charge in [0.2, 0.25) is 0 Å². The van der Waals surface area contributed by atoms with Crippen molar-refractivity contribution in [1.82, 2.24) is 24.4 Å². The molecule has 3 rings (SSSR count). The summed E-state index contributed by atoms with van der Waals surface area (Å²) in [7, 11) is 1.55. The summed E-state index contributed by atoms with van der Waals surface area (Å²) < 4.78 is 2.58. The van der Waals surface area contributed by atoms with Crippen molar-refractivity contribution < 1.29 is 0 Å². The standard InChI is InChI=1S/C11H11N5O2S/c1-5-4-7(17)16-9(12-5)8(11(18)15(16)3)10-14-13-6(2)19-10/h4,12H,1-3H3. The molecule has 0 amide bonds. The van der Waals surface area contributed by atoms with Gasteiger partial charge in [0.25, 0.3) is 11.1 Å². The molecule has 0 saturated heterocycles. The highest BCUT2D eigenvalue weighted by molar-refractivity contribution is 7.14. The maximum atomic E-state index is 12.3. The highest BCUT2D eigenvalue weighted by Gasteiger charge is 2.19. The normalized spacial score (nSPS) is 11.3. The number of nitrogens with one attached hydrogen (secondary N) is 1. The molecule has 1 N–H and O–H groups in total. The smallest absolute Gasteiger partial charge is 0.279 e. The Morgan fingerprint density at radius 3 is 2.63 bits per heavy atom. The molecule has 3 aromatic heterocycles. The molecule has 8 heteroatoms. The van der Waals surface area contributed by atoms with Gasteiger partial charge in [-0.3, -0.25) is 9.59 Å². The third-order valence-electron chi connectivity index (χ3n) is 2.86. The van der Waals surface area contributed by atoms with Crippen molar-refractivity contribution in [3.05, 3.63) is 37.5 Å². The summed E-state index contributed by atoms with van der Waals surface area (Å²) in [6, 6.07) is 1.45. The predicted octanol–water partition coefficient (Wildman–Crippen LogP) is 0.462. The minimum absolute atomic E-state index is 0.252. The van der Waals surface area contributed by atoms with Crippen molar-refractivity contribution in [3.8, 4) is 10.6 Å². The molecule has 0 aliphatic heterocycles. The Labute approximate surface area is 111 Å². The molecule has 0 aromatic carbocycles. The monoisotopic (exact) mass is 277 g/mol. The van der Waals surface area contributed by atoms with E-state index in [1.807, 2.05) is 6.92 Å². The van der Waals surface area contributed by atoms with Crippen molar-refractivity contribution in [2.75, 3.05) is 0 Å². The van der Waals surface area contributed by atoms with Crippen LogP contribution in [0, 0.1) is 13.8 Å². The molecule has 0 radical (unpaired) electrons. The average Bonchev–Trinajstić information content (AvgIpc) is 2.83. The van der Waals surface area contributed by atoms with Gasteiger partial charge in [-0.15, -0.1) is 10.2 Å². The quantitative estimate of drug-likeness (QED) is 0.700. The van der Waals surface area contributed by atoms with Crippen molar-refractivity contribution in [3.63, 3.8) is 0 Å². The van der Waals surface area contributed by atoms with Gasteiger partial charge in [0.05, 0.1) is 0 Å². The Morgan fingerprint density at radius 1 is 1.26 bits per heavy atom. The Hall–Kier alpha value is -2.22. The molecule has 98 valence electrons. The van der Waals surface area contributed by atoms with Crippen molar-refractivity contribution in [2.24, 2.45) is 7.05 Å². The highest BCUT2D eigenvalue weighted by atomic mass is 32.1. The average molecular weight is 277 g/mol. The predicted molar refractivity (Wildman–Crippen MR) is 71.6 cm³/mol. The lowest BCUT2D eigenvalue weighted by Gasteiger charge is -1.99. The van der Waals surface area contributed by atoms with Gasteiger partial charge < -0.3 is 4.98 Å². The second-order valence-corrected chi connectivity index (χ2v) is 5.46. The first-order chi connectivity index (χ1) is 8.99. The number of aromatic amines is 1. The van der Waals surface area contributed by atoms with Gasteiger partial charge in [0, 0.05) is 18.8 Å². The summed E-state index contributed by atoms with van der Waals surface area (Å²) in [6.07, 6.45) is 0. The van der Waals surface area contributed by atoms with Gasteiger partial charge in [-0.25, -0.2) is 4.68 Å². The molecule has 0 atom stereocenters. The van der Waals surface area contributed by atoms with Crippen molar-refractivity contribution in [2.45, 2.75) is 13.8 Å². The molecule has 0 spiro atoms. The van der Waals surface area contributed by atoms with Crippen LogP contribution in [0.1, 0.15) is 10.7 Å². The summed E-state index contributed by atoms with van der Waals surface area (Å²) >= 11 is 1.32. The topological polar surface area (TPSA) is 85.1 Å². The Kier molecular flexibility index (Phi) is 2.42. The molecule has 3 heterocycles. The minimum Gasteiger partial charge on any atom is -0.343 e. The van der Waals surface area contributed by atoms with Gasteiger partial charge in [-0.2, -0.15) is 4.52 Å². The fraction of sp³-hybridized carbons (Fsp3) is 0.273. The molecule has 19 heavy (non-hydrogen) atoms. The van der Waals surface area contributed by atoms with Crippen molar-refractivity contribution >= 4 is 17.0 Å². The number of nitrogens with zero attached hydrogens (tertiary/aromatic N) is 4. The summed E-state index contributed by atoms with van der Waals surface area (Å²) in [5.41, 5.74) is 1.01. The van der Waals surface area contributed by atoms with E-state index in [4.69, 9.17) is 0 Å². The van der Waals surface area contributed by atoms with Crippen LogP contribution in [0.15, 0.2) is 15.7 Å². The van der Waals surface area contributed by atoms with E-state index in [1.54, 1.807) is 14.0 Å². The molecule has 0 aliphatic rings. The minimum atomic E-state index is -0.268. The van der Waals surface area contributed by atoms with Crippen LogP contribution in [0.4, 0.5) is 0 Å². The molecule has 0 aliphatic carbocycles. The van der Waals surface area contributed by atoms with Gasteiger partial charge in [-0.05, 0) is 13.8 Å². The summed E-state index contributed by atoms with van der Waals surface area (Å²) in [5, 5.41) is 9.19. The maximum absolute atomic E-state index is 12.3. The number of aromatic nitrogens is 5. The Balaban J connectivity index is 2.53. The van der Waals surface area contributed by atoms with Gasteiger partial charge in [-0.1, -0.05) is 11.3 Å². The van der Waals surface area contributed by atoms with Gasteiger partial charge in [0.15, 0.2) is 5.01 Å². The Bertz CT molecular complexity index is 898. The molecule has 0 bridgehead atoms. The van der Waals surface area contributed by atoms with Crippen LogP contribution < -0.4 is 11.1 Å². The highest BCUT2D eigenvalue weighted by Crippen LogP contribution is 2.23. The second-order valence-electron chi connectivity index (χ2n) is 4.28. The van der Waals surface area contributed by atoms with E-state index in [-0.39, 0.29) is 11.1 Å². The van der Waals surface area contributed by atoms with E-state index in [2.05, 4.69) is 15.2 Å². The number of H-pyrrole nitrogens is 1. The fourth-order valence-electron chi connectivity index (χ4n) is 2.04. The lowest BCUT2D eigenvalue weighted by atomic mass is 10.3. The van der Waals surface area contributed by atoms with Gasteiger partial charge >= 0.3 is 0 Å². The zero-order valence-corrected chi connectivity index (χ0v) is 11.4. The van der Waals surface area contributed by atoms with Crippen LogP contribution in [0.3, 0.4) is 0 Å². The van der Waals surface area contributed by atoms with Crippen LogP contribution >= 0.6 is 11.3 Å². The van der Waals surface area contributed by atoms with E-state index in [0.717, 1.165) is 5.01 Å². The number of hydrogen-bond acceptors (Lipinski definition) is 5. The molecule has 3 aromatic rings. The van der Waals surface area contributed by atoms with Crippen molar-refractivity contribution in [1.29, 1.82) is 0 Å². The third kappa shape index (κ3) is 1.64. The van der Waals surface area contributed by atoms with Crippen LogP contribution in [0.2, 0.25) is 0 Å². The SMILES string of the molecule is Cc1cc(=O)n2c([nH]1)c(-c1nnc(C)s1)c(=O)n2C. The molecular formula is C11H11N5O2S. The molecule has 0 fully saturated rings. The van der Waals surface area contributed by atoms with E-state index in [1.165, 1.54) is 26.6 Å². The van der Waals surface area contributed by atoms with Crippen LogP contribution in [-0.2, 0) is 7.05 Å². The second kappa shape index (κ2) is 3.89. The summed E-state index contributed by atoms with van der Waals surface area (Å²) in [4.78, 5) is 27.3. The van der Waals surface area contributed by atoms with E-state index in [0.29, 0.717) is 21.9 Å². The summed E-state index contributed by atoms with van der Waals surface area (Å²) in [5.74, 6) is 0.